The molecule has 0 aliphatic carbocycles. The number of urea groups is 1. The van der Waals surface area contributed by atoms with E-state index in [4.69, 9.17) is 9.84 Å². The maximum Gasteiger partial charge on any atom is 0.416 e. The summed E-state index contributed by atoms with van der Waals surface area (Å²) in [7, 11) is 2.37. The molecular weight excluding hydrogens is 296 g/mol. The largest absolute Gasteiger partial charge is 0.497 e. The standard InChI is InChI=1S/C12H14F4N2O3/c1-18(6-10(19)12(14,15)16)11(20)17-8-3-7(13)4-9(5-8)21-2/h3-5,10,19H,6H2,1-2H3,(H,17,20). The minimum absolute atomic E-state index is 0.0187. The number of nitrogens with zero attached hydrogens (tertiary/aromatic N) is 1. The van der Waals surface area contributed by atoms with Gasteiger partial charge in [0.05, 0.1) is 13.7 Å². The third kappa shape index (κ3) is 5.10. The predicted octanol–water partition coefficient (Wildman–Crippen LogP) is 2.22. The van der Waals surface area contributed by atoms with Crippen LogP contribution in [0.4, 0.5) is 28.0 Å². The highest BCUT2D eigenvalue weighted by Gasteiger charge is 2.39. The minimum atomic E-state index is -4.82. The van der Waals surface area contributed by atoms with Crippen LogP contribution in [0.1, 0.15) is 0 Å². The average Bonchev–Trinajstić information content (AvgIpc) is 2.36. The molecule has 0 radical (unpaired) electrons. The molecule has 2 amide bonds. The molecule has 118 valence electrons. The van der Waals surface area contributed by atoms with Gasteiger partial charge in [0.2, 0.25) is 0 Å². The SMILES string of the molecule is COc1cc(F)cc(NC(=O)N(C)CC(O)C(F)(F)F)c1. The van der Waals surface area contributed by atoms with Crippen LogP contribution < -0.4 is 10.1 Å². The molecule has 1 aromatic carbocycles. The van der Waals surface area contributed by atoms with Crippen molar-refractivity contribution in [1.82, 2.24) is 4.90 Å². The number of nitrogens with one attached hydrogen (secondary N) is 1. The Labute approximate surface area is 118 Å². The number of aliphatic hydroxyl groups excluding tert-OH is 1. The highest BCUT2D eigenvalue weighted by atomic mass is 19.4. The normalized spacial score (nSPS) is 12.7. The van der Waals surface area contributed by atoms with Gasteiger partial charge in [0.15, 0.2) is 6.10 Å². The summed E-state index contributed by atoms with van der Waals surface area (Å²) in [6.07, 6.45) is -7.48. The third-order valence-corrected chi connectivity index (χ3v) is 2.53. The van der Waals surface area contributed by atoms with Crippen LogP contribution >= 0.6 is 0 Å². The molecule has 0 aliphatic heterocycles. The summed E-state index contributed by atoms with van der Waals surface area (Å²) in [4.78, 5) is 12.3. The molecule has 0 bridgehead atoms. The van der Waals surface area contributed by atoms with Gasteiger partial charge in [-0.15, -0.1) is 0 Å². The van der Waals surface area contributed by atoms with Crippen molar-refractivity contribution >= 4 is 11.7 Å². The van der Waals surface area contributed by atoms with Gasteiger partial charge in [-0.25, -0.2) is 9.18 Å². The van der Waals surface area contributed by atoms with Crippen LogP contribution in [0.3, 0.4) is 0 Å². The van der Waals surface area contributed by atoms with E-state index in [0.29, 0.717) is 4.90 Å². The number of hydrogen-bond acceptors (Lipinski definition) is 3. The van der Waals surface area contributed by atoms with Gasteiger partial charge in [-0.1, -0.05) is 0 Å². The Morgan fingerprint density at radius 2 is 2.05 bits per heavy atom. The summed E-state index contributed by atoms with van der Waals surface area (Å²) in [5, 5.41) is 11.1. The van der Waals surface area contributed by atoms with Crippen LogP contribution in [0.2, 0.25) is 0 Å². The molecule has 9 heteroatoms. The molecule has 0 heterocycles. The fraction of sp³-hybridized carbons (Fsp3) is 0.417. The Kier molecular flexibility index (Phi) is 5.36. The molecule has 2 N–H and O–H groups in total. The lowest BCUT2D eigenvalue weighted by molar-refractivity contribution is -0.205. The second-order valence-electron chi connectivity index (χ2n) is 4.25. The molecule has 21 heavy (non-hydrogen) atoms. The van der Waals surface area contributed by atoms with Gasteiger partial charge in [-0.3, -0.25) is 0 Å². The molecule has 5 nitrogen and oxygen atoms in total. The van der Waals surface area contributed by atoms with E-state index in [-0.39, 0.29) is 11.4 Å². The van der Waals surface area contributed by atoms with E-state index in [1.54, 1.807) is 0 Å². The first-order chi connectivity index (χ1) is 9.63. The Hall–Kier alpha value is -2.03. The zero-order valence-corrected chi connectivity index (χ0v) is 11.2. The van der Waals surface area contributed by atoms with Gasteiger partial charge in [-0.2, -0.15) is 13.2 Å². The molecule has 1 rings (SSSR count). The van der Waals surface area contributed by atoms with Crippen molar-refractivity contribution in [3.63, 3.8) is 0 Å². The van der Waals surface area contributed by atoms with E-state index < -0.39 is 30.7 Å². The number of carbonyl (C=O) groups is 1. The number of likely N-dealkylation sites (N-methyl/N-ethyl adjacent to an activating group) is 1. The number of methoxy groups -OCH3 is 1. The number of benzene rings is 1. The maximum absolute atomic E-state index is 13.2. The molecule has 0 aromatic heterocycles. The number of alkyl halides is 3. The third-order valence-electron chi connectivity index (χ3n) is 2.53. The summed E-state index contributed by atoms with van der Waals surface area (Å²) in [5.41, 5.74) is 0.0187. The van der Waals surface area contributed by atoms with Crippen LogP contribution in [-0.2, 0) is 0 Å². The van der Waals surface area contributed by atoms with Gasteiger partial charge in [0.1, 0.15) is 11.6 Å². The average molecular weight is 310 g/mol. The number of aliphatic hydroxyl groups is 1. The fourth-order valence-electron chi connectivity index (χ4n) is 1.42. The first-order valence-corrected chi connectivity index (χ1v) is 5.75. The van der Waals surface area contributed by atoms with Crippen LogP contribution in [0.5, 0.6) is 5.75 Å². The van der Waals surface area contributed by atoms with Crippen LogP contribution in [0, 0.1) is 5.82 Å². The van der Waals surface area contributed by atoms with Crippen molar-refractivity contribution in [2.45, 2.75) is 12.3 Å². The second kappa shape index (κ2) is 6.61. The summed E-state index contributed by atoms with van der Waals surface area (Å²) in [6, 6.07) is 2.43. The number of rotatable bonds is 4. The van der Waals surface area contributed by atoms with Crippen molar-refractivity contribution in [3.05, 3.63) is 24.0 Å². The van der Waals surface area contributed by atoms with E-state index in [1.165, 1.54) is 13.2 Å². The first-order valence-electron chi connectivity index (χ1n) is 5.75. The first kappa shape index (κ1) is 17.0. The predicted molar refractivity (Wildman–Crippen MR) is 66.7 cm³/mol. The Morgan fingerprint density at radius 3 is 2.57 bits per heavy atom. The monoisotopic (exact) mass is 310 g/mol. The zero-order chi connectivity index (χ0) is 16.2. The summed E-state index contributed by atoms with van der Waals surface area (Å²) >= 11 is 0. The van der Waals surface area contributed by atoms with Crippen molar-refractivity contribution in [3.8, 4) is 5.75 Å². The van der Waals surface area contributed by atoms with Crippen molar-refractivity contribution in [2.75, 3.05) is 26.0 Å². The summed E-state index contributed by atoms with van der Waals surface area (Å²) in [6.45, 7) is -0.943. The number of carbonyl (C=O) groups excluding carboxylic acids is 1. The quantitative estimate of drug-likeness (QED) is 0.838. The lowest BCUT2D eigenvalue weighted by Gasteiger charge is -2.22. The number of amides is 2. The lowest BCUT2D eigenvalue weighted by Crippen LogP contribution is -2.43. The van der Waals surface area contributed by atoms with E-state index in [0.717, 1.165) is 19.2 Å². The molecule has 0 aliphatic rings. The number of halogens is 4. The van der Waals surface area contributed by atoms with Gasteiger partial charge in [0.25, 0.3) is 0 Å². The van der Waals surface area contributed by atoms with E-state index in [9.17, 15) is 22.4 Å². The smallest absolute Gasteiger partial charge is 0.416 e. The topological polar surface area (TPSA) is 61.8 Å². The van der Waals surface area contributed by atoms with Gasteiger partial charge < -0.3 is 20.1 Å². The van der Waals surface area contributed by atoms with Crippen LogP contribution in [-0.4, -0.2) is 49.0 Å². The maximum atomic E-state index is 13.2. The van der Waals surface area contributed by atoms with Gasteiger partial charge >= 0.3 is 12.2 Å². The highest BCUT2D eigenvalue weighted by Crippen LogP contribution is 2.22. The molecular formula is C12H14F4N2O3. The Bertz CT molecular complexity index is 508. The van der Waals surface area contributed by atoms with E-state index in [2.05, 4.69) is 5.32 Å². The number of ether oxygens (including phenoxy) is 1. The second-order valence-corrected chi connectivity index (χ2v) is 4.25. The minimum Gasteiger partial charge on any atom is -0.497 e. The van der Waals surface area contributed by atoms with Gasteiger partial charge in [-0.05, 0) is 6.07 Å². The Balaban J connectivity index is 2.70. The van der Waals surface area contributed by atoms with Crippen LogP contribution in [0.15, 0.2) is 18.2 Å². The van der Waals surface area contributed by atoms with Crippen LogP contribution in [0.25, 0.3) is 0 Å². The van der Waals surface area contributed by atoms with Crippen molar-refractivity contribution in [2.24, 2.45) is 0 Å². The summed E-state index contributed by atoms with van der Waals surface area (Å²) < 4.78 is 54.5. The van der Waals surface area contributed by atoms with E-state index >= 15 is 0 Å². The highest BCUT2D eigenvalue weighted by molar-refractivity contribution is 5.89. The lowest BCUT2D eigenvalue weighted by atomic mass is 10.3. The Morgan fingerprint density at radius 1 is 1.43 bits per heavy atom. The molecule has 0 fully saturated rings. The summed E-state index contributed by atoms with van der Waals surface area (Å²) in [5.74, 6) is -0.536. The van der Waals surface area contributed by atoms with Crippen molar-refractivity contribution in [1.29, 1.82) is 0 Å². The number of anilines is 1. The molecule has 0 spiro atoms. The zero-order valence-electron chi connectivity index (χ0n) is 11.2. The molecule has 1 aromatic rings. The number of hydrogen-bond donors (Lipinski definition) is 2. The molecule has 1 unspecified atom stereocenters. The fourth-order valence-corrected chi connectivity index (χ4v) is 1.42. The molecule has 0 saturated carbocycles. The molecule has 1 atom stereocenters. The van der Waals surface area contributed by atoms with E-state index in [1.807, 2.05) is 0 Å². The van der Waals surface area contributed by atoms with Crippen molar-refractivity contribution < 1.29 is 32.2 Å². The van der Waals surface area contributed by atoms with Gasteiger partial charge in [0, 0.05) is 24.9 Å². The molecule has 0 saturated heterocycles.